The Hall–Kier alpha value is -1.78. The van der Waals surface area contributed by atoms with E-state index in [9.17, 15) is 0 Å². The molecule has 0 radical (unpaired) electrons. The van der Waals surface area contributed by atoms with Gasteiger partial charge < -0.3 is 10.7 Å². The maximum atomic E-state index is 4.39. The van der Waals surface area contributed by atoms with Gasteiger partial charge >= 0.3 is 0 Å². The van der Waals surface area contributed by atoms with Gasteiger partial charge in [0.05, 0.1) is 5.70 Å². The van der Waals surface area contributed by atoms with Crippen molar-refractivity contribution in [1.29, 1.82) is 0 Å². The number of hydrogen-bond donors (Lipinski definition) is 2. The Labute approximate surface area is 69.2 Å². The van der Waals surface area contributed by atoms with Crippen LogP contribution < -0.4 is 10.7 Å². The molecule has 0 fully saturated rings. The molecule has 60 valence electrons. The molecule has 1 unspecified atom stereocenters. The molecule has 5 heteroatoms. The summed E-state index contributed by atoms with van der Waals surface area (Å²) in [4.78, 5) is 8.45. The highest BCUT2D eigenvalue weighted by Crippen LogP contribution is 2.18. The second kappa shape index (κ2) is 1.88. The topological polar surface area (TPSA) is 52.0 Å². The van der Waals surface area contributed by atoms with Crippen LogP contribution >= 0.6 is 0 Å². The molecule has 0 saturated heterocycles. The first-order chi connectivity index (χ1) is 5.93. The molecule has 2 bridgehead atoms. The Bertz CT molecular complexity index is 338. The molecule has 0 amide bonds. The van der Waals surface area contributed by atoms with Crippen LogP contribution in [0.5, 0.6) is 0 Å². The Morgan fingerprint density at radius 2 is 2.50 bits per heavy atom. The number of hydrazine groups is 1. The standard InChI is InChI=1S/C7H7N5/c1-2-8-4-12-7-5(3-9-12)10-6(1)11-7/h1-4,7,9H,(H,10,11). The van der Waals surface area contributed by atoms with Gasteiger partial charge in [-0.05, 0) is 6.08 Å². The molecule has 2 N–H and O–H groups in total. The monoisotopic (exact) mass is 161 g/mol. The molecule has 3 heterocycles. The maximum Gasteiger partial charge on any atom is 0.184 e. The van der Waals surface area contributed by atoms with Crippen LogP contribution in [0, 0.1) is 0 Å². The molecular formula is C7H7N5. The zero-order valence-electron chi connectivity index (χ0n) is 6.23. The highest BCUT2D eigenvalue weighted by atomic mass is 15.6. The summed E-state index contributed by atoms with van der Waals surface area (Å²) in [5.41, 5.74) is 4.10. The zero-order chi connectivity index (χ0) is 7.97. The van der Waals surface area contributed by atoms with Gasteiger partial charge in [-0.25, -0.2) is 15.0 Å². The van der Waals surface area contributed by atoms with Gasteiger partial charge in [0.25, 0.3) is 0 Å². The van der Waals surface area contributed by atoms with Crippen LogP contribution in [0.2, 0.25) is 0 Å². The number of aliphatic imine (C=N–C) groups is 2. The summed E-state index contributed by atoms with van der Waals surface area (Å²) >= 11 is 0. The largest absolute Gasteiger partial charge is 0.339 e. The van der Waals surface area contributed by atoms with E-state index in [-0.39, 0.29) is 6.17 Å². The van der Waals surface area contributed by atoms with Gasteiger partial charge in [-0.1, -0.05) is 0 Å². The lowest BCUT2D eigenvalue weighted by molar-refractivity contribution is 0.347. The van der Waals surface area contributed by atoms with E-state index in [2.05, 4.69) is 20.7 Å². The molecule has 0 aromatic rings. The smallest absolute Gasteiger partial charge is 0.184 e. The average Bonchev–Trinajstić information content (AvgIpc) is 2.57. The van der Waals surface area contributed by atoms with Crippen molar-refractivity contribution in [2.24, 2.45) is 9.98 Å². The number of hydrogen-bond acceptors (Lipinski definition) is 5. The van der Waals surface area contributed by atoms with Crippen LogP contribution in [0.25, 0.3) is 0 Å². The molecule has 0 saturated carbocycles. The van der Waals surface area contributed by atoms with Crippen molar-refractivity contribution in [3.63, 3.8) is 0 Å². The van der Waals surface area contributed by atoms with E-state index in [1.807, 2.05) is 17.3 Å². The Morgan fingerprint density at radius 3 is 3.50 bits per heavy atom. The molecule has 1 atom stereocenters. The molecular weight excluding hydrogens is 154 g/mol. The van der Waals surface area contributed by atoms with Gasteiger partial charge in [0.1, 0.15) is 12.2 Å². The molecule has 0 aromatic carbocycles. The van der Waals surface area contributed by atoms with Crippen LogP contribution in [0.3, 0.4) is 0 Å². The number of amidine groups is 1. The third kappa shape index (κ3) is 0.623. The lowest BCUT2D eigenvalue weighted by atomic mass is 10.4. The lowest BCUT2D eigenvalue weighted by Crippen LogP contribution is -2.35. The van der Waals surface area contributed by atoms with Crippen LogP contribution in [0.15, 0.2) is 34.2 Å². The fourth-order valence-electron chi connectivity index (χ4n) is 1.39. The van der Waals surface area contributed by atoms with Crippen LogP contribution in [0.1, 0.15) is 0 Å². The second-order valence-corrected chi connectivity index (χ2v) is 2.73. The Morgan fingerprint density at radius 1 is 1.50 bits per heavy atom. The van der Waals surface area contributed by atoms with Gasteiger partial charge in [-0.3, -0.25) is 0 Å². The summed E-state index contributed by atoms with van der Waals surface area (Å²) in [6.45, 7) is 0. The number of nitrogens with zero attached hydrogens (tertiary/aromatic N) is 3. The summed E-state index contributed by atoms with van der Waals surface area (Å²) in [6, 6.07) is 0. The van der Waals surface area contributed by atoms with Crippen molar-refractivity contribution >= 4 is 12.2 Å². The Kier molecular flexibility index (Phi) is 0.910. The highest BCUT2D eigenvalue weighted by molar-refractivity contribution is 5.97. The molecule has 3 aliphatic rings. The van der Waals surface area contributed by atoms with Crippen LogP contribution in [0.4, 0.5) is 0 Å². The average molecular weight is 161 g/mol. The quantitative estimate of drug-likeness (QED) is 0.505. The van der Waals surface area contributed by atoms with Gasteiger partial charge in [-0.2, -0.15) is 0 Å². The van der Waals surface area contributed by atoms with E-state index in [0.717, 1.165) is 11.5 Å². The molecule has 3 rings (SSSR count). The maximum absolute atomic E-state index is 4.39. The second-order valence-electron chi connectivity index (χ2n) is 2.73. The SMILES string of the molecule is C1=CC2=NC3C(=CNN3C=N1)N2. The first-order valence-electron chi connectivity index (χ1n) is 3.73. The number of nitrogens with one attached hydrogen (secondary N) is 2. The highest BCUT2D eigenvalue weighted by Gasteiger charge is 2.31. The van der Waals surface area contributed by atoms with E-state index >= 15 is 0 Å². The van der Waals surface area contributed by atoms with Crippen molar-refractivity contribution in [2.75, 3.05) is 0 Å². The minimum Gasteiger partial charge on any atom is -0.339 e. The van der Waals surface area contributed by atoms with Gasteiger partial charge in [0.2, 0.25) is 0 Å². The fourth-order valence-corrected chi connectivity index (χ4v) is 1.39. The normalized spacial score (nSPS) is 28.7. The minimum absolute atomic E-state index is 0.0497. The van der Waals surface area contributed by atoms with E-state index < -0.39 is 0 Å². The Balaban J connectivity index is 2.10. The third-order valence-electron chi connectivity index (χ3n) is 1.95. The first-order valence-corrected chi connectivity index (χ1v) is 3.73. The van der Waals surface area contributed by atoms with E-state index in [0.29, 0.717) is 0 Å². The summed E-state index contributed by atoms with van der Waals surface area (Å²) in [7, 11) is 0. The summed E-state index contributed by atoms with van der Waals surface area (Å²) in [6.07, 6.45) is 7.23. The van der Waals surface area contributed by atoms with Gasteiger partial charge in [-0.15, -0.1) is 0 Å². The van der Waals surface area contributed by atoms with E-state index in [1.165, 1.54) is 0 Å². The van der Waals surface area contributed by atoms with Crippen molar-refractivity contribution in [3.8, 4) is 0 Å². The fraction of sp³-hybridized carbons (Fsp3) is 0.143. The first kappa shape index (κ1) is 5.82. The van der Waals surface area contributed by atoms with E-state index in [4.69, 9.17) is 0 Å². The van der Waals surface area contributed by atoms with E-state index in [1.54, 1.807) is 12.5 Å². The lowest BCUT2D eigenvalue weighted by Gasteiger charge is -2.16. The number of rotatable bonds is 0. The van der Waals surface area contributed by atoms with Crippen molar-refractivity contribution < 1.29 is 0 Å². The molecule has 0 aromatic heterocycles. The van der Waals surface area contributed by atoms with Crippen LogP contribution in [-0.2, 0) is 0 Å². The minimum atomic E-state index is 0.0497. The molecule has 12 heavy (non-hydrogen) atoms. The summed E-state index contributed by atoms with van der Waals surface area (Å²) in [5.74, 6) is 0.870. The summed E-state index contributed by atoms with van der Waals surface area (Å²) in [5, 5.41) is 5.01. The molecule has 5 nitrogen and oxygen atoms in total. The van der Waals surface area contributed by atoms with Crippen molar-refractivity contribution in [2.45, 2.75) is 6.17 Å². The molecule has 3 aliphatic heterocycles. The summed E-state index contributed by atoms with van der Waals surface area (Å²) < 4.78 is 0. The molecule has 0 aliphatic carbocycles. The van der Waals surface area contributed by atoms with Gasteiger partial charge in [0.15, 0.2) is 6.17 Å². The van der Waals surface area contributed by atoms with Crippen LogP contribution in [-0.4, -0.2) is 23.3 Å². The van der Waals surface area contributed by atoms with Gasteiger partial charge in [0, 0.05) is 12.4 Å². The zero-order valence-corrected chi connectivity index (χ0v) is 6.23. The predicted octanol–water partition coefficient (Wildman–Crippen LogP) is -0.469. The van der Waals surface area contributed by atoms with Crippen molar-refractivity contribution in [1.82, 2.24) is 15.8 Å². The van der Waals surface area contributed by atoms with Crippen molar-refractivity contribution in [3.05, 3.63) is 24.2 Å². The molecule has 0 spiro atoms. The third-order valence-corrected chi connectivity index (χ3v) is 1.95. The predicted molar refractivity (Wildman–Crippen MR) is 45.0 cm³/mol.